The van der Waals surface area contributed by atoms with Crippen LogP contribution in [0.3, 0.4) is 0 Å². The molecular weight excluding hydrogens is 335 g/mol. The van der Waals surface area contributed by atoms with Gasteiger partial charge in [-0.25, -0.2) is 0 Å². The van der Waals surface area contributed by atoms with Gasteiger partial charge in [0.2, 0.25) is 0 Å². The topological polar surface area (TPSA) is 20.2 Å². The lowest BCUT2D eigenvalue weighted by Gasteiger charge is -2.16. The van der Waals surface area contributed by atoms with Gasteiger partial charge in [-0.1, -0.05) is 109 Å². The maximum Gasteiger partial charge on any atom is 0.0319 e. The third kappa shape index (κ3) is 4.49. The molecule has 0 aromatic heterocycles. The fraction of sp³-hybridized carbons (Fsp3) is 0.0400. The molecule has 0 aliphatic heterocycles. The zero-order valence-electron chi connectivity index (χ0n) is 15.2. The monoisotopic (exact) mass is 358 g/mol. The molecule has 0 spiro atoms. The second kappa shape index (κ2) is 10.0. The lowest BCUT2D eigenvalue weighted by molar-refractivity contribution is 0.399. The van der Waals surface area contributed by atoms with Crippen LogP contribution in [-0.4, -0.2) is 12.2 Å². The van der Waals surface area contributed by atoms with Crippen molar-refractivity contribution in [1.82, 2.24) is 0 Å². The van der Waals surface area contributed by atoms with E-state index in [1.54, 1.807) is 0 Å². The quantitative estimate of drug-likeness (QED) is 0.446. The van der Waals surface area contributed by atoms with Crippen molar-refractivity contribution >= 4 is 0 Å². The minimum atomic E-state index is 0. The zero-order chi connectivity index (χ0) is 18.2. The van der Waals surface area contributed by atoms with Gasteiger partial charge in [-0.15, -0.1) is 0 Å². The van der Waals surface area contributed by atoms with Crippen molar-refractivity contribution < 1.29 is 9.81 Å². The van der Waals surface area contributed by atoms with E-state index in [0.717, 1.165) is 7.11 Å². The van der Waals surface area contributed by atoms with Gasteiger partial charge in [0, 0.05) is 7.11 Å². The lowest BCUT2D eigenvalue weighted by Crippen LogP contribution is -1.90. The first-order valence-corrected chi connectivity index (χ1v) is 8.67. The van der Waals surface area contributed by atoms with E-state index in [2.05, 4.69) is 109 Å². The first-order chi connectivity index (χ1) is 12.9. The summed E-state index contributed by atoms with van der Waals surface area (Å²) >= 11 is 0. The van der Waals surface area contributed by atoms with Crippen LogP contribution in [0, 0.1) is 0 Å². The summed E-state index contributed by atoms with van der Waals surface area (Å²) in [5, 5.41) is 7.00. The van der Waals surface area contributed by atoms with Gasteiger partial charge >= 0.3 is 0 Å². The largest absolute Gasteiger partial charge is 0.400 e. The Morgan fingerprint density at radius 3 is 1.11 bits per heavy atom. The summed E-state index contributed by atoms with van der Waals surface area (Å²) in [7, 11) is 1.00. The first-order valence-electron chi connectivity index (χ1n) is 8.67. The highest BCUT2D eigenvalue weighted by atomic mass is 19.0. The molecular formula is C25H23FO. The van der Waals surface area contributed by atoms with Crippen LogP contribution in [0.25, 0.3) is 33.4 Å². The Kier molecular flexibility index (Phi) is 7.48. The molecule has 0 unspecified atom stereocenters. The van der Waals surface area contributed by atoms with E-state index in [1.807, 2.05) is 0 Å². The first kappa shape index (κ1) is 20.1. The minimum Gasteiger partial charge on any atom is -0.400 e. The van der Waals surface area contributed by atoms with Crippen LogP contribution in [0.1, 0.15) is 0 Å². The molecule has 2 heteroatoms. The van der Waals surface area contributed by atoms with Crippen LogP contribution in [0.2, 0.25) is 0 Å². The van der Waals surface area contributed by atoms with Crippen LogP contribution in [-0.2, 0) is 0 Å². The molecule has 27 heavy (non-hydrogen) atoms. The van der Waals surface area contributed by atoms with Crippen LogP contribution in [0.5, 0.6) is 0 Å². The fourth-order valence-electron chi connectivity index (χ4n) is 3.18. The Bertz CT molecular complexity index is 878. The van der Waals surface area contributed by atoms with E-state index >= 15 is 0 Å². The van der Waals surface area contributed by atoms with Gasteiger partial charge in [0.25, 0.3) is 0 Å². The number of aliphatic hydroxyl groups excluding tert-OH is 1. The molecule has 0 radical (unpaired) electrons. The molecule has 136 valence electrons. The Morgan fingerprint density at radius 1 is 0.407 bits per heavy atom. The third-order valence-electron chi connectivity index (χ3n) is 4.30. The summed E-state index contributed by atoms with van der Waals surface area (Å²) in [5.41, 5.74) is 7.56. The van der Waals surface area contributed by atoms with E-state index in [1.165, 1.54) is 33.4 Å². The average molecular weight is 358 g/mol. The molecule has 4 rings (SSSR count). The number of aliphatic hydroxyl groups is 1. The highest BCUT2D eigenvalue weighted by Gasteiger charge is 2.13. The Balaban J connectivity index is 0.000000844. The molecule has 4 aromatic carbocycles. The third-order valence-corrected chi connectivity index (χ3v) is 4.30. The molecule has 0 aliphatic rings. The number of hydrogen-bond acceptors (Lipinski definition) is 1. The second-order valence-electron chi connectivity index (χ2n) is 5.83. The SMILES string of the molecule is CO.F.c1ccc(-c2cccc(-c3ccccc3)c2-c2ccccc2)cc1. The van der Waals surface area contributed by atoms with E-state index in [0.29, 0.717) is 0 Å². The Morgan fingerprint density at radius 2 is 0.741 bits per heavy atom. The molecule has 0 heterocycles. The van der Waals surface area contributed by atoms with Crippen molar-refractivity contribution in [2.45, 2.75) is 0 Å². The minimum absolute atomic E-state index is 0. The molecule has 0 bridgehead atoms. The second-order valence-corrected chi connectivity index (χ2v) is 5.83. The van der Waals surface area contributed by atoms with Gasteiger partial charge in [0.15, 0.2) is 0 Å². The van der Waals surface area contributed by atoms with E-state index < -0.39 is 0 Å². The summed E-state index contributed by atoms with van der Waals surface area (Å²) in [6.45, 7) is 0. The van der Waals surface area contributed by atoms with Gasteiger partial charge in [0.1, 0.15) is 0 Å². The molecule has 1 nitrogen and oxygen atoms in total. The van der Waals surface area contributed by atoms with Gasteiger partial charge in [-0.3, -0.25) is 4.70 Å². The maximum atomic E-state index is 7.00. The highest BCUT2D eigenvalue weighted by molar-refractivity contribution is 5.94. The number of halogens is 1. The van der Waals surface area contributed by atoms with Crippen LogP contribution < -0.4 is 0 Å². The van der Waals surface area contributed by atoms with Crippen molar-refractivity contribution in [1.29, 1.82) is 0 Å². The maximum absolute atomic E-state index is 7.00. The summed E-state index contributed by atoms with van der Waals surface area (Å²) in [4.78, 5) is 0. The number of hydrogen-bond donors (Lipinski definition) is 1. The van der Waals surface area contributed by atoms with Crippen molar-refractivity contribution in [3.05, 3.63) is 109 Å². The highest BCUT2D eigenvalue weighted by Crippen LogP contribution is 2.39. The van der Waals surface area contributed by atoms with Crippen molar-refractivity contribution in [2.24, 2.45) is 0 Å². The fourth-order valence-corrected chi connectivity index (χ4v) is 3.18. The van der Waals surface area contributed by atoms with Crippen molar-refractivity contribution in [3.63, 3.8) is 0 Å². The Labute approximate surface area is 159 Å². The van der Waals surface area contributed by atoms with E-state index in [-0.39, 0.29) is 4.70 Å². The average Bonchev–Trinajstić information content (AvgIpc) is 2.76. The summed E-state index contributed by atoms with van der Waals surface area (Å²) in [6.07, 6.45) is 0. The molecule has 0 atom stereocenters. The summed E-state index contributed by atoms with van der Waals surface area (Å²) in [5.74, 6) is 0. The smallest absolute Gasteiger partial charge is 0.0319 e. The molecule has 0 saturated heterocycles. The molecule has 1 N–H and O–H groups in total. The van der Waals surface area contributed by atoms with Crippen molar-refractivity contribution in [3.8, 4) is 33.4 Å². The molecule has 4 aromatic rings. The van der Waals surface area contributed by atoms with Gasteiger partial charge < -0.3 is 5.11 Å². The van der Waals surface area contributed by atoms with Crippen molar-refractivity contribution in [2.75, 3.05) is 7.11 Å². The zero-order valence-corrected chi connectivity index (χ0v) is 15.2. The summed E-state index contributed by atoms with van der Waals surface area (Å²) < 4.78 is 0. The normalized spacial score (nSPS) is 9.56. The van der Waals surface area contributed by atoms with Gasteiger partial charge in [-0.2, -0.15) is 0 Å². The van der Waals surface area contributed by atoms with E-state index in [9.17, 15) is 0 Å². The molecule has 0 aliphatic carbocycles. The molecule has 0 amide bonds. The predicted molar refractivity (Wildman–Crippen MR) is 113 cm³/mol. The van der Waals surface area contributed by atoms with Gasteiger partial charge in [-0.05, 0) is 33.4 Å². The van der Waals surface area contributed by atoms with Crippen LogP contribution >= 0.6 is 0 Å². The number of rotatable bonds is 3. The van der Waals surface area contributed by atoms with Crippen LogP contribution in [0.4, 0.5) is 4.70 Å². The standard InChI is InChI=1S/C24H18.CH4O.FH/c1-4-11-19(12-5-1)22-17-10-18-23(20-13-6-2-7-14-20)24(22)21-15-8-3-9-16-21;1-2;/h1-18H;2H,1H3;1H. The number of benzene rings is 4. The molecule has 0 saturated carbocycles. The Hall–Kier alpha value is -3.23. The predicted octanol–water partition coefficient (Wildman–Crippen LogP) is 6.45. The summed E-state index contributed by atoms with van der Waals surface area (Å²) in [6, 6.07) is 38.4. The van der Waals surface area contributed by atoms with Gasteiger partial charge in [0.05, 0.1) is 0 Å². The lowest BCUT2D eigenvalue weighted by atomic mass is 9.88. The van der Waals surface area contributed by atoms with Crippen LogP contribution in [0.15, 0.2) is 109 Å². The molecule has 0 fully saturated rings. The van der Waals surface area contributed by atoms with E-state index in [4.69, 9.17) is 5.11 Å².